The van der Waals surface area contributed by atoms with Crippen molar-refractivity contribution in [3.8, 4) is 22.8 Å². The number of aromatic nitrogens is 3. The van der Waals surface area contributed by atoms with Gasteiger partial charge < -0.3 is 0 Å². The van der Waals surface area contributed by atoms with Gasteiger partial charge in [-0.15, -0.1) is 0 Å². The fourth-order valence-corrected chi connectivity index (χ4v) is 2.05. The summed E-state index contributed by atoms with van der Waals surface area (Å²) in [5, 5.41) is 18.0. The van der Waals surface area contributed by atoms with Gasteiger partial charge in [0.05, 0.1) is 10.5 Å². The number of hydrogen-bond acceptors (Lipinski definition) is 4. The monoisotopic (exact) mass is 280 g/mol. The molecule has 0 bridgehead atoms. The van der Waals surface area contributed by atoms with Crippen molar-refractivity contribution in [2.75, 3.05) is 0 Å². The van der Waals surface area contributed by atoms with Gasteiger partial charge in [0.25, 0.3) is 5.69 Å². The Kier molecular flexibility index (Phi) is 3.19. The van der Waals surface area contributed by atoms with Crippen LogP contribution in [0, 0.1) is 17.0 Å². The second-order valence-corrected chi connectivity index (χ2v) is 4.65. The fraction of sp³-hybridized carbons (Fsp3) is 0.0667. The van der Waals surface area contributed by atoms with Crippen LogP contribution in [-0.2, 0) is 0 Å². The van der Waals surface area contributed by atoms with Crippen LogP contribution in [0.1, 0.15) is 5.56 Å². The Morgan fingerprint density at radius 3 is 2.52 bits per heavy atom. The van der Waals surface area contributed by atoms with E-state index in [1.165, 1.54) is 6.07 Å². The molecule has 104 valence electrons. The summed E-state index contributed by atoms with van der Waals surface area (Å²) in [5.74, 6) is 0.904. The Balaban J connectivity index is 2.03. The number of rotatable bonds is 3. The number of H-pyrrole nitrogens is 1. The number of para-hydroxylation sites is 1. The van der Waals surface area contributed by atoms with Crippen molar-refractivity contribution in [1.82, 2.24) is 15.2 Å². The molecule has 0 aliphatic carbocycles. The van der Waals surface area contributed by atoms with Gasteiger partial charge in [-0.2, -0.15) is 5.10 Å². The number of aromatic amines is 1. The smallest absolute Gasteiger partial charge is 0.258 e. The molecule has 1 N–H and O–H groups in total. The van der Waals surface area contributed by atoms with Gasteiger partial charge in [-0.3, -0.25) is 15.2 Å². The average molecular weight is 280 g/mol. The zero-order chi connectivity index (χ0) is 14.8. The number of nitrogens with zero attached hydrogens (tertiary/aromatic N) is 3. The SMILES string of the molecule is Cc1ccc(-c2n[nH]c(-c3ccccc3[N+](=O)[O-])n2)cc1. The van der Waals surface area contributed by atoms with E-state index in [9.17, 15) is 10.1 Å². The van der Waals surface area contributed by atoms with E-state index in [0.717, 1.165) is 11.1 Å². The topological polar surface area (TPSA) is 84.7 Å². The second kappa shape index (κ2) is 5.16. The molecule has 3 rings (SSSR count). The zero-order valence-electron chi connectivity index (χ0n) is 11.3. The molecule has 0 saturated carbocycles. The maximum atomic E-state index is 11.1. The van der Waals surface area contributed by atoms with E-state index in [1.54, 1.807) is 18.2 Å². The van der Waals surface area contributed by atoms with E-state index >= 15 is 0 Å². The predicted molar refractivity (Wildman–Crippen MR) is 78.6 cm³/mol. The zero-order valence-corrected chi connectivity index (χ0v) is 11.3. The molecule has 0 atom stereocenters. The molecule has 21 heavy (non-hydrogen) atoms. The number of benzene rings is 2. The summed E-state index contributed by atoms with van der Waals surface area (Å²) in [4.78, 5) is 15.0. The first-order valence-electron chi connectivity index (χ1n) is 6.38. The van der Waals surface area contributed by atoms with Crippen molar-refractivity contribution in [3.05, 3.63) is 64.2 Å². The quantitative estimate of drug-likeness (QED) is 0.589. The fourth-order valence-electron chi connectivity index (χ4n) is 2.05. The van der Waals surface area contributed by atoms with Gasteiger partial charge in [-0.25, -0.2) is 4.98 Å². The summed E-state index contributed by atoms with van der Waals surface area (Å²) in [5.41, 5.74) is 2.44. The average Bonchev–Trinajstić information content (AvgIpc) is 2.97. The van der Waals surface area contributed by atoms with Crippen LogP contribution in [0.3, 0.4) is 0 Å². The Bertz CT molecular complexity index is 793. The van der Waals surface area contributed by atoms with Gasteiger partial charge in [-0.1, -0.05) is 42.0 Å². The summed E-state index contributed by atoms with van der Waals surface area (Å²) in [6, 6.07) is 14.2. The lowest BCUT2D eigenvalue weighted by Gasteiger charge is -1.98. The summed E-state index contributed by atoms with van der Waals surface area (Å²) in [6.45, 7) is 2.00. The van der Waals surface area contributed by atoms with E-state index in [0.29, 0.717) is 17.2 Å². The minimum absolute atomic E-state index is 0.00380. The lowest BCUT2D eigenvalue weighted by molar-refractivity contribution is -0.384. The standard InChI is InChI=1S/C15H12N4O2/c1-10-6-8-11(9-7-10)14-16-15(18-17-14)12-4-2-3-5-13(12)19(20)21/h2-9H,1H3,(H,16,17,18). The summed E-state index contributed by atoms with van der Waals surface area (Å²) in [6.07, 6.45) is 0. The van der Waals surface area contributed by atoms with Gasteiger partial charge in [0.2, 0.25) is 0 Å². The van der Waals surface area contributed by atoms with E-state index < -0.39 is 4.92 Å². The minimum atomic E-state index is -0.427. The van der Waals surface area contributed by atoms with Crippen LogP contribution in [0.25, 0.3) is 22.8 Å². The third-order valence-electron chi connectivity index (χ3n) is 3.15. The third-order valence-corrected chi connectivity index (χ3v) is 3.15. The van der Waals surface area contributed by atoms with Crippen molar-refractivity contribution < 1.29 is 4.92 Å². The Labute approximate surface area is 120 Å². The first-order chi connectivity index (χ1) is 10.1. The van der Waals surface area contributed by atoms with Gasteiger partial charge >= 0.3 is 0 Å². The van der Waals surface area contributed by atoms with Crippen LogP contribution in [0.5, 0.6) is 0 Å². The van der Waals surface area contributed by atoms with Gasteiger partial charge in [0.1, 0.15) is 0 Å². The maximum Gasteiger partial charge on any atom is 0.280 e. The van der Waals surface area contributed by atoms with E-state index in [-0.39, 0.29) is 5.69 Å². The summed E-state index contributed by atoms with van der Waals surface area (Å²) in [7, 11) is 0. The normalized spacial score (nSPS) is 10.5. The van der Waals surface area contributed by atoms with E-state index in [4.69, 9.17) is 0 Å². The molecule has 2 aromatic carbocycles. The van der Waals surface area contributed by atoms with Crippen LogP contribution >= 0.6 is 0 Å². The maximum absolute atomic E-state index is 11.1. The van der Waals surface area contributed by atoms with E-state index in [2.05, 4.69) is 15.2 Å². The molecule has 3 aromatic rings. The lowest BCUT2D eigenvalue weighted by Crippen LogP contribution is -1.92. The largest absolute Gasteiger partial charge is 0.280 e. The number of hydrogen-bond donors (Lipinski definition) is 1. The molecule has 0 spiro atoms. The van der Waals surface area contributed by atoms with Gasteiger partial charge in [-0.05, 0) is 13.0 Å². The third kappa shape index (κ3) is 2.51. The Hall–Kier alpha value is -3.02. The van der Waals surface area contributed by atoms with Crippen molar-refractivity contribution >= 4 is 5.69 Å². The van der Waals surface area contributed by atoms with Crippen molar-refractivity contribution in [1.29, 1.82) is 0 Å². The molecule has 0 saturated heterocycles. The molecule has 0 aliphatic heterocycles. The van der Waals surface area contributed by atoms with Crippen molar-refractivity contribution in [2.45, 2.75) is 6.92 Å². The molecule has 6 heteroatoms. The molecule has 0 radical (unpaired) electrons. The first-order valence-corrected chi connectivity index (χ1v) is 6.38. The highest BCUT2D eigenvalue weighted by molar-refractivity contribution is 5.69. The highest BCUT2D eigenvalue weighted by Crippen LogP contribution is 2.28. The molecular weight excluding hydrogens is 268 g/mol. The summed E-state index contributed by atoms with van der Waals surface area (Å²) < 4.78 is 0. The van der Waals surface area contributed by atoms with Crippen LogP contribution in [0.15, 0.2) is 48.5 Å². The van der Waals surface area contributed by atoms with Crippen molar-refractivity contribution in [3.63, 3.8) is 0 Å². The molecular formula is C15H12N4O2. The molecule has 0 aliphatic rings. The molecule has 1 heterocycles. The van der Waals surface area contributed by atoms with Crippen LogP contribution in [0.2, 0.25) is 0 Å². The number of nitro groups is 1. The lowest BCUT2D eigenvalue weighted by atomic mass is 10.1. The molecule has 0 amide bonds. The highest BCUT2D eigenvalue weighted by Gasteiger charge is 2.17. The van der Waals surface area contributed by atoms with Gasteiger partial charge in [0, 0.05) is 11.6 Å². The number of nitrogens with one attached hydrogen (secondary N) is 1. The predicted octanol–water partition coefficient (Wildman–Crippen LogP) is 3.36. The van der Waals surface area contributed by atoms with Crippen LogP contribution in [0.4, 0.5) is 5.69 Å². The molecule has 0 unspecified atom stereocenters. The van der Waals surface area contributed by atoms with Crippen LogP contribution in [-0.4, -0.2) is 20.1 Å². The first kappa shape index (κ1) is 13.0. The summed E-state index contributed by atoms with van der Waals surface area (Å²) >= 11 is 0. The van der Waals surface area contributed by atoms with Crippen molar-refractivity contribution in [2.24, 2.45) is 0 Å². The minimum Gasteiger partial charge on any atom is -0.258 e. The highest BCUT2D eigenvalue weighted by atomic mass is 16.6. The molecule has 0 fully saturated rings. The van der Waals surface area contributed by atoms with Gasteiger partial charge in [0.15, 0.2) is 11.6 Å². The molecule has 1 aromatic heterocycles. The number of aryl methyl sites for hydroxylation is 1. The molecule has 6 nitrogen and oxygen atoms in total. The van der Waals surface area contributed by atoms with Crippen LogP contribution < -0.4 is 0 Å². The Morgan fingerprint density at radius 1 is 1.10 bits per heavy atom. The second-order valence-electron chi connectivity index (χ2n) is 4.65. The Morgan fingerprint density at radius 2 is 1.81 bits per heavy atom. The number of nitro benzene ring substituents is 1. The van der Waals surface area contributed by atoms with E-state index in [1.807, 2.05) is 31.2 Å².